The zero-order valence-electron chi connectivity index (χ0n) is 18.5. The van der Waals surface area contributed by atoms with Gasteiger partial charge in [-0.15, -0.1) is 0 Å². The molecule has 1 aromatic carbocycles. The summed E-state index contributed by atoms with van der Waals surface area (Å²) in [6, 6.07) is 9.56. The van der Waals surface area contributed by atoms with Gasteiger partial charge in [0.05, 0.1) is 12.8 Å². The maximum absolute atomic E-state index is 5.45. The summed E-state index contributed by atoms with van der Waals surface area (Å²) in [4.78, 5) is 9.13. The van der Waals surface area contributed by atoms with E-state index in [1.807, 2.05) is 30.3 Å². The highest BCUT2D eigenvalue weighted by atomic mass is 16.5. The predicted octanol–water partition coefficient (Wildman–Crippen LogP) is 5.40. The van der Waals surface area contributed by atoms with Crippen molar-refractivity contribution in [2.45, 2.75) is 52.4 Å². The lowest BCUT2D eigenvalue weighted by atomic mass is 9.82. The molecule has 2 aliphatic rings. The molecule has 0 radical (unpaired) electrons. The highest BCUT2D eigenvalue weighted by Crippen LogP contribution is 2.30. The number of anilines is 4. The molecule has 8 nitrogen and oxygen atoms in total. The minimum absolute atomic E-state index is 0.414. The Morgan fingerprint density at radius 3 is 2.13 bits per heavy atom. The number of hydrogen-bond donors (Lipinski definition) is 3. The van der Waals surface area contributed by atoms with Crippen LogP contribution in [0.25, 0.3) is 0 Å². The fourth-order valence-electron chi connectivity index (χ4n) is 3.62. The van der Waals surface area contributed by atoms with Gasteiger partial charge in [-0.3, -0.25) is 5.43 Å². The Morgan fingerprint density at radius 2 is 1.52 bits per heavy atom. The van der Waals surface area contributed by atoms with Gasteiger partial charge in [0.15, 0.2) is 5.82 Å². The quantitative estimate of drug-likeness (QED) is 0.370. The molecule has 2 fully saturated rings. The molecule has 1 heterocycles. The Kier molecular flexibility index (Phi) is 6.64. The molecule has 0 amide bonds. The molecule has 0 aliphatic heterocycles. The molecule has 164 valence electrons. The van der Waals surface area contributed by atoms with Gasteiger partial charge in [-0.25, -0.2) is 5.43 Å². The Labute approximate surface area is 183 Å². The number of ether oxygens (including phenoxy) is 1. The SMILES string of the molecule is COc1ccccc1Nc1cc(NN=C(C)C2CCC2)nc(NN=C(C)C2CCC2)n1. The van der Waals surface area contributed by atoms with Gasteiger partial charge in [0.1, 0.15) is 11.6 Å². The number of nitrogens with zero attached hydrogens (tertiary/aromatic N) is 4. The molecule has 8 heteroatoms. The summed E-state index contributed by atoms with van der Waals surface area (Å²) >= 11 is 0. The van der Waals surface area contributed by atoms with E-state index in [0.29, 0.717) is 29.4 Å². The third-order valence-electron chi connectivity index (χ3n) is 6.17. The van der Waals surface area contributed by atoms with Gasteiger partial charge in [-0.05, 0) is 63.5 Å². The maximum Gasteiger partial charge on any atom is 0.247 e. The smallest absolute Gasteiger partial charge is 0.247 e. The molecule has 0 atom stereocenters. The summed E-state index contributed by atoms with van der Waals surface area (Å²) in [6.07, 6.45) is 7.39. The van der Waals surface area contributed by atoms with Gasteiger partial charge in [0.25, 0.3) is 0 Å². The van der Waals surface area contributed by atoms with Crippen LogP contribution in [-0.2, 0) is 0 Å². The molecule has 0 saturated heterocycles. The number of nitrogens with one attached hydrogen (secondary N) is 3. The van der Waals surface area contributed by atoms with Crippen molar-refractivity contribution in [3.8, 4) is 5.75 Å². The van der Waals surface area contributed by atoms with E-state index in [2.05, 4.69) is 50.2 Å². The molecule has 1 aromatic heterocycles. The van der Waals surface area contributed by atoms with Crippen molar-refractivity contribution in [2.24, 2.45) is 22.0 Å². The normalized spacial score (nSPS) is 17.5. The van der Waals surface area contributed by atoms with Crippen LogP contribution in [0.15, 0.2) is 40.5 Å². The van der Waals surface area contributed by atoms with E-state index in [1.54, 1.807) is 7.11 Å². The van der Waals surface area contributed by atoms with Crippen molar-refractivity contribution in [2.75, 3.05) is 23.3 Å². The summed E-state index contributed by atoms with van der Waals surface area (Å²) in [5.41, 5.74) is 9.15. The molecule has 2 aliphatic carbocycles. The summed E-state index contributed by atoms with van der Waals surface area (Å²) in [7, 11) is 1.65. The number of methoxy groups -OCH3 is 1. The summed E-state index contributed by atoms with van der Waals surface area (Å²) in [5.74, 6) is 3.52. The molecular formula is C23H31N7O. The van der Waals surface area contributed by atoms with Crippen molar-refractivity contribution < 1.29 is 4.74 Å². The van der Waals surface area contributed by atoms with Crippen molar-refractivity contribution in [1.82, 2.24) is 9.97 Å². The molecule has 3 N–H and O–H groups in total. The molecular weight excluding hydrogens is 390 g/mol. The van der Waals surface area contributed by atoms with Gasteiger partial charge in [0, 0.05) is 17.5 Å². The third kappa shape index (κ3) is 5.31. The van der Waals surface area contributed by atoms with Crippen LogP contribution in [0.3, 0.4) is 0 Å². The summed E-state index contributed by atoms with van der Waals surface area (Å²) < 4.78 is 5.45. The second kappa shape index (κ2) is 9.76. The molecule has 2 saturated carbocycles. The Bertz CT molecular complexity index is 914. The zero-order valence-corrected chi connectivity index (χ0v) is 18.5. The van der Waals surface area contributed by atoms with Gasteiger partial charge in [0.2, 0.25) is 5.95 Å². The van der Waals surface area contributed by atoms with Crippen LogP contribution in [0.5, 0.6) is 5.75 Å². The molecule has 31 heavy (non-hydrogen) atoms. The van der Waals surface area contributed by atoms with Crippen LogP contribution in [0.2, 0.25) is 0 Å². The number of benzene rings is 1. The van der Waals surface area contributed by atoms with E-state index in [1.165, 1.54) is 38.5 Å². The lowest BCUT2D eigenvalue weighted by molar-refractivity contribution is 0.412. The third-order valence-corrected chi connectivity index (χ3v) is 6.17. The molecule has 0 bridgehead atoms. The van der Waals surface area contributed by atoms with E-state index in [4.69, 9.17) is 4.74 Å². The van der Waals surface area contributed by atoms with Gasteiger partial charge >= 0.3 is 0 Å². The number of rotatable bonds is 9. The molecule has 0 unspecified atom stereocenters. The second-order valence-corrected chi connectivity index (χ2v) is 8.27. The lowest BCUT2D eigenvalue weighted by Crippen LogP contribution is -2.21. The number of hydrogen-bond acceptors (Lipinski definition) is 8. The van der Waals surface area contributed by atoms with E-state index in [9.17, 15) is 0 Å². The first kappa shape index (κ1) is 21.1. The van der Waals surface area contributed by atoms with Crippen molar-refractivity contribution in [1.29, 1.82) is 0 Å². The van der Waals surface area contributed by atoms with E-state index < -0.39 is 0 Å². The predicted molar refractivity (Wildman–Crippen MR) is 126 cm³/mol. The Morgan fingerprint density at radius 1 is 0.903 bits per heavy atom. The van der Waals surface area contributed by atoms with Crippen LogP contribution >= 0.6 is 0 Å². The van der Waals surface area contributed by atoms with Crippen LogP contribution in [-0.4, -0.2) is 28.5 Å². The van der Waals surface area contributed by atoms with Crippen molar-refractivity contribution >= 4 is 34.7 Å². The largest absolute Gasteiger partial charge is 0.495 e. The first-order valence-electron chi connectivity index (χ1n) is 11.0. The van der Waals surface area contributed by atoms with E-state index >= 15 is 0 Å². The fraction of sp³-hybridized carbons (Fsp3) is 0.478. The first-order valence-corrected chi connectivity index (χ1v) is 11.0. The van der Waals surface area contributed by atoms with E-state index in [0.717, 1.165) is 22.9 Å². The standard InChI is InChI=1S/C23H31N7O/c1-15(17-8-6-9-17)27-29-22-14-21(24-19-12-4-5-13-20(19)31-3)25-23(26-22)30-28-16(2)18-10-7-11-18/h4-5,12-14,17-18H,6-11H2,1-3H3,(H3,24,25,26,29,30). The van der Waals surface area contributed by atoms with Crippen LogP contribution in [0.1, 0.15) is 52.4 Å². The van der Waals surface area contributed by atoms with Crippen molar-refractivity contribution in [3.05, 3.63) is 30.3 Å². The number of aromatic nitrogens is 2. The van der Waals surface area contributed by atoms with Gasteiger partial charge in [-0.2, -0.15) is 20.2 Å². The fourth-order valence-corrected chi connectivity index (χ4v) is 3.62. The first-order chi connectivity index (χ1) is 15.1. The number of hydrazone groups is 2. The topological polar surface area (TPSA) is 95.8 Å². The average Bonchev–Trinajstić information content (AvgIpc) is 2.68. The zero-order chi connectivity index (χ0) is 21.6. The van der Waals surface area contributed by atoms with E-state index in [-0.39, 0.29) is 0 Å². The van der Waals surface area contributed by atoms with Gasteiger partial charge < -0.3 is 10.1 Å². The molecule has 0 spiro atoms. The Balaban J connectivity index is 1.56. The van der Waals surface area contributed by atoms with Crippen LogP contribution in [0.4, 0.5) is 23.3 Å². The summed E-state index contributed by atoms with van der Waals surface area (Å²) in [6.45, 7) is 4.12. The lowest BCUT2D eigenvalue weighted by Gasteiger charge is -2.25. The number of para-hydroxylation sites is 2. The highest BCUT2D eigenvalue weighted by molar-refractivity contribution is 5.86. The van der Waals surface area contributed by atoms with Crippen LogP contribution in [0, 0.1) is 11.8 Å². The summed E-state index contributed by atoms with van der Waals surface area (Å²) in [5, 5.41) is 12.4. The monoisotopic (exact) mass is 421 g/mol. The highest BCUT2D eigenvalue weighted by Gasteiger charge is 2.21. The molecule has 4 rings (SSSR count). The minimum Gasteiger partial charge on any atom is -0.495 e. The van der Waals surface area contributed by atoms with Crippen molar-refractivity contribution in [3.63, 3.8) is 0 Å². The molecule has 2 aromatic rings. The average molecular weight is 422 g/mol. The minimum atomic E-state index is 0.414. The second-order valence-electron chi connectivity index (χ2n) is 8.27. The van der Waals surface area contributed by atoms with Crippen LogP contribution < -0.4 is 20.9 Å². The Hall–Kier alpha value is -3.16. The maximum atomic E-state index is 5.45. The van der Waals surface area contributed by atoms with Gasteiger partial charge in [-0.1, -0.05) is 25.0 Å².